The number of Topliss-reactive ketones (excluding diaryl/α,β-unsaturated/α-hetero) is 1. The second-order valence-corrected chi connectivity index (χ2v) is 5.60. The highest BCUT2D eigenvalue weighted by Crippen LogP contribution is 2.37. The summed E-state index contributed by atoms with van der Waals surface area (Å²) < 4.78 is 0. The monoisotopic (exact) mass is 270 g/mol. The molecule has 0 bridgehead atoms. The summed E-state index contributed by atoms with van der Waals surface area (Å²) in [4.78, 5) is 28.4. The molecule has 2 heterocycles. The first-order chi connectivity index (χ1) is 9.58. The summed E-state index contributed by atoms with van der Waals surface area (Å²) >= 11 is 0. The zero-order valence-corrected chi connectivity index (χ0v) is 11.8. The number of nitrogens with zero attached hydrogens (tertiary/aromatic N) is 2. The SMILES string of the molecule is CN(C)/C=C1/C(=O)C[C@@H]2c3ccccc3CCN2C1=O. The summed E-state index contributed by atoms with van der Waals surface area (Å²) in [5, 5.41) is 0. The minimum absolute atomic E-state index is 0.0540. The van der Waals surface area contributed by atoms with E-state index in [9.17, 15) is 9.59 Å². The van der Waals surface area contributed by atoms with Crippen LogP contribution in [0.4, 0.5) is 0 Å². The highest BCUT2D eigenvalue weighted by atomic mass is 16.2. The van der Waals surface area contributed by atoms with Gasteiger partial charge in [-0.3, -0.25) is 9.59 Å². The Hall–Kier alpha value is -2.10. The van der Waals surface area contributed by atoms with Crippen molar-refractivity contribution >= 4 is 11.7 Å². The second-order valence-electron chi connectivity index (χ2n) is 5.60. The van der Waals surface area contributed by atoms with Crippen LogP contribution in [-0.4, -0.2) is 42.1 Å². The van der Waals surface area contributed by atoms with Crippen LogP contribution in [0.25, 0.3) is 0 Å². The van der Waals surface area contributed by atoms with Gasteiger partial charge in [-0.2, -0.15) is 0 Å². The van der Waals surface area contributed by atoms with E-state index in [1.54, 1.807) is 11.1 Å². The number of rotatable bonds is 1. The number of fused-ring (bicyclic) bond motifs is 3. The van der Waals surface area contributed by atoms with E-state index in [1.807, 2.05) is 37.2 Å². The first-order valence-corrected chi connectivity index (χ1v) is 6.88. The molecular formula is C16H18N2O2. The molecule has 0 spiro atoms. The van der Waals surface area contributed by atoms with Crippen LogP contribution < -0.4 is 0 Å². The minimum atomic E-state index is -0.130. The second kappa shape index (κ2) is 4.78. The van der Waals surface area contributed by atoms with Crippen LogP contribution >= 0.6 is 0 Å². The molecule has 2 aliphatic rings. The zero-order valence-electron chi connectivity index (χ0n) is 11.8. The van der Waals surface area contributed by atoms with Crippen molar-refractivity contribution in [3.8, 4) is 0 Å². The molecule has 104 valence electrons. The third-order valence-corrected chi connectivity index (χ3v) is 3.97. The van der Waals surface area contributed by atoms with E-state index in [2.05, 4.69) is 6.07 Å². The fourth-order valence-corrected chi connectivity index (χ4v) is 3.06. The Kier molecular flexibility index (Phi) is 3.08. The molecule has 1 fully saturated rings. The number of hydrogen-bond acceptors (Lipinski definition) is 3. The van der Waals surface area contributed by atoms with Gasteiger partial charge < -0.3 is 9.80 Å². The summed E-state index contributed by atoms with van der Waals surface area (Å²) in [6.07, 6.45) is 2.89. The first kappa shape index (κ1) is 12.9. The van der Waals surface area contributed by atoms with Gasteiger partial charge in [0.15, 0.2) is 5.78 Å². The Morgan fingerprint density at radius 3 is 2.75 bits per heavy atom. The molecule has 1 amide bonds. The van der Waals surface area contributed by atoms with Gasteiger partial charge in [0.1, 0.15) is 0 Å². The number of amides is 1. The molecule has 1 atom stereocenters. The van der Waals surface area contributed by atoms with Crippen LogP contribution in [0, 0.1) is 0 Å². The highest BCUT2D eigenvalue weighted by Gasteiger charge is 2.40. The maximum Gasteiger partial charge on any atom is 0.259 e. The highest BCUT2D eigenvalue weighted by molar-refractivity contribution is 6.21. The van der Waals surface area contributed by atoms with Crippen molar-refractivity contribution in [2.45, 2.75) is 18.9 Å². The van der Waals surface area contributed by atoms with Crippen LogP contribution in [0.5, 0.6) is 0 Å². The number of piperidine rings is 1. The molecule has 3 rings (SSSR count). The van der Waals surface area contributed by atoms with Crippen LogP contribution in [0.2, 0.25) is 0 Å². The summed E-state index contributed by atoms with van der Waals surface area (Å²) in [7, 11) is 3.65. The van der Waals surface area contributed by atoms with Gasteiger partial charge in [0, 0.05) is 33.3 Å². The average Bonchev–Trinajstić information content (AvgIpc) is 2.43. The van der Waals surface area contributed by atoms with E-state index in [0.29, 0.717) is 18.5 Å². The van der Waals surface area contributed by atoms with Crippen molar-refractivity contribution in [1.82, 2.24) is 9.80 Å². The minimum Gasteiger partial charge on any atom is -0.383 e. The van der Waals surface area contributed by atoms with Crippen LogP contribution in [0.1, 0.15) is 23.6 Å². The van der Waals surface area contributed by atoms with Gasteiger partial charge in [-0.1, -0.05) is 24.3 Å². The lowest BCUT2D eigenvalue weighted by molar-refractivity contribution is -0.137. The Balaban J connectivity index is 1.99. The van der Waals surface area contributed by atoms with Crippen molar-refractivity contribution < 1.29 is 9.59 Å². The molecule has 4 nitrogen and oxygen atoms in total. The standard InChI is InChI=1S/C16H18N2O2/c1-17(2)10-13-15(19)9-14-12-6-4-3-5-11(12)7-8-18(14)16(13)20/h3-6,10,14H,7-9H2,1-2H3/b13-10-/t14-/m1/s1. The van der Waals surface area contributed by atoms with E-state index in [0.717, 1.165) is 12.0 Å². The topological polar surface area (TPSA) is 40.6 Å². The summed E-state index contributed by atoms with van der Waals surface area (Å²) in [6, 6.07) is 8.03. The molecule has 2 aliphatic heterocycles. The number of hydrogen-bond donors (Lipinski definition) is 0. The molecule has 0 N–H and O–H groups in total. The van der Waals surface area contributed by atoms with Crippen molar-refractivity contribution in [2.75, 3.05) is 20.6 Å². The molecule has 1 saturated heterocycles. The number of carbonyl (C=O) groups is 2. The van der Waals surface area contributed by atoms with E-state index in [4.69, 9.17) is 0 Å². The van der Waals surface area contributed by atoms with E-state index >= 15 is 0 Å². The van der Waals surface area contributed by atoms with Gasteiger partial charge in [0.2, 0.25) is 0 Å². The van der Waals surface area contributed by atoms with Crippen molar-refractivity contribution in [3.05, 3.63) is 47.2 Å². The number of carbonyl (C=O) groups excluding carboxylic acids is 2. The van der Waals surface area contributed by atoms with Gasteiger partial charge in [0.05, 0.1) is 11.6 Å². The quantitative estimate of drug-likeness (QED) is 0.574. The fourth-order valence-electron chi connectivity index (χ4n) is 3.06. The number of ketones is 1. The van der Waals surface area contributed by atoms with Gasteiger partial charge in [-0.25, -0.2) is 0 Å². The fraction of sp³-hybridized carbons (Fsp3) is 0.375. The molecule has 0 saturated carbocycles. The van der Waals surface area contributed by atoms with E-state index in [1.165, 1.54) is 5.56 Å². The maximum atomic E-state index is 12.5. The van der Waals surface area contributed by atoms with E-state index in [-0.39, 0.29) is 17.7 Å². The van der Waals surface area contributed by atoms with E-state index < -0.39 is 0 Å². The third kappa shape index (κ3) is 2.01. The normalized spacial score (nSPS) is 23.6. The molecule has 0 aromatic heterocycles. The Labute approximate surface area is 118 Å². The van der Waals surface area contributed by atoms with Crippen LogP contribution in [-0.2, 0) is 16.0 Å². The van der Waals surface area contributed by atoms with Gasteiger partial charge in [0.25, 0.3) is 5.91 Å². The van der Waals surface area contributed by atoms with Gasteiger partial charge in [-0.05, 0) is 17.5 Å². The average molecular weight is 270 g/mol. The number of benzene rings is 1. The van der Waals surface area contributed by atoms with Crippen LogP contribution in [0.3, 0.4) is 0 Å². The lowest BCUT2D eigenvalue weighted by Crippen LogP contribution is -2.47. The smallest absolute Gasteiger partial charge is 0.259 e. The third-order valence-electron chi connectivity index (χ3n) is 3.97. The summed E-state index contributed by atoms with van der Waals surface area (Å²) in [5.41, 5.74) is 2.70. The predicted octanol–water partition coefficient (Wildman–Crippen LogP) is 1.53. The predicted molar refractivity (Wildman–Crippen MR) is 76.0 cm³/mol. The molecule has 0 aliphatic carbocycles. The van der Waals surface area contributed by atoms with Crippen LogP contribution in [0.15, 0.2) is 36.0 Å². The molecular weight excluding hydrogens is 252 g/mol. The van der Waals surface area contributed by atoms with Gasteiger partial charge >= 0.3 is 0 Å². The molecule has 20 heavy (non-hydrogen) atoms. The molecule has 1 aromatic rings. The largest absolute Gasteiger partial charge is 0.383 e. The maximum absolute atomic E-state index is 12.5. The summed E-state index contributed by atoms with van der Waals surface area (Å²) in [6.45, 7) is 0.693. The molecule has 4 heteroatoms. The Morgan fingerprint density at radius 1 is 1.25 bits per heavy atom. The van der Waals surface area contributed by atoms with Crippen molar-refractivity contribution in [3.63, 3.8) is 0 Å². The molecule has 1 aromatic carbocycles. The molecule has 0 radical (unpaired) electrons. The lowest BCUT2D eigenvalue weighted by Gasteiger charge is -2.40. The first-order valence-electron chi connectivity index (χ1n) is 6.88. The van der Waals surface area contributed by atoms with Crippen molar-refractivity contribution in [2.24, 2.45) is 0 Å². The van der Waals surface area contributed by atoms with Gasteiger partial charge in [-0.15, -0.1) is 0 Å². The Morgan fingerprint density at radius 2 is 2.00 bits per heavy atom. The lowest BCUT2D eigenvalue weighted by atomic mass is 9.85. The molecule has 0 unspecified atom stereocenters. The van der Waals surface area contributed by atoms with Crippen molar-refractivity contribution in [1.29, 1.82) is 0 Å². The zero-order chi connectivity index (χ0) is 14.3. The summed E-state index contributed by atoms with van der Waals surface area (Å²) in [5.74, 6) is -0.184. The Bertz CT molecular complexity index is 604.